The van der Waals surface area contributed by atoms with Crippen molar-refractivity contribution in [2.45, 2.75) is 32.7 Å². The van der Waals surface area contributed by atoms with Gasteiger partial charge in [-0.15, -0.1) is 0 Å². The maximum Gasteiger partial charge on any atom is 0.458 e. The predicted molar refractivity (Wildman–Crippen MR) is 65.1 cm³/mol. The number of halogens is 2. The van der Waals surface area contributed by atoms with Crippen molar-refractivity contribution in [1.82, 2.24) is 0 Å². The van der Waals surface area contributed by atoms with Gasteiger partial charge in [-0.05, 0) is 24.6 Å². The summed E-state index contributed by atoms with van der Waals surface area (Å²) in [5, 5.41) is 0.179. The van der Waals surface area contributed by atoms with Crippen LogP contribution in [0, 0.1) is 6.92 Å². The highest BCUT2D eigenvalue weighted by Gasteiger charge is 2.43. The Hall–Kier alpha value is -0.903. The lowest BCUT2D eigenvalue weighted by Crippen LogP contribution is -2.42. The summed E-state index contributed by atoms with van der Waals surface area (Å²) in [4.78, 5) is 0. The van der Waals surface area contributed by atoms with E-state index in [0.717, 1.165) is 5.56 Å². The van der Waals surface area contributed by atoms with Gasteiger partial charge in [-0.25, -0.2) is 0 Å². The number of ether oxygens (including phenoxy) is 1. The average Bonchev–Trinajstić information content (AvgIpc) is 2.26. The Balaban J connectivity index is 3.16. The van der Waals surface area contributed by atoms with E-state index in [-0.39, 0.29) is 5.19 Å². The van der Waals surface area contributed by atoms with Crippen molar-refractivity contribution in [3.63, 3.8) is 0 Å². The van der Waals surface area contributed by atoms with Crippen molar-refractivity contribution in [2.75, 3.05) is 7.11 Å². The van der Waals surface area contributed by atoms with E-state index in [4.69, 9.17) is 4.74 Å². The van der Waals surface area contributed by atoms with Gasteiger partial charge in [0.2, 0.25) is 0 Å². The number of hydrogen-bond acceptors (Lipinski definition) is 1. The van der Waals surface area contributed by atoms with Crippen LogP contribution < -0.4 is 9.92 Å². The Kier molecular flexibility index (Phi) is 4.07. The summed E-state index contributed by atoms with van der Waals surface area (Å²) in [5.74, 6) is 0.519. The monoisotopic (exact) mass is 244 g/mol. The van der Waals surface area contributed by atoms with Crippen LogP contribution in [0.2, 0.25) is 5.54 Å². The molecule has 0 aliphatic rings. The van der Waals surface area contributed by atoms with Crippen molar-refractivity contribution in [1.29, 1.82) is 0 Å². The first-order chi connectivity index (χ1) is 7.41. The van der Waals surface area contributed by atoms with Gasteiger partial charge in [0, 0.05) is 10.7 Å². The first kappa shape index (κ1) is 13.2. The van der Waals surface area contributed by atoms with Crippen LogP contribution in [-0.4, -0.2) is 15.9 Å². The molecule has 0 saturated heterocycles. The van der Waals surface area contributed by atoms with E-state index in [2.05, 4.69) is 0 Å². The lowest BCUT2D eigenvalue weighted by atomic mass is 10.2. The van der Waals surface area contributed by atoms with Crippen LogP contribution in [0.15, 0.2) is 18.2 Å². The molecule has 1 unspecified atom stereocenters. The summed E-state index contributed by atoms with van der Waals surface area (Å²) < 4.78 is 33.3. The van der Waals surface area contributed by atoms with Gasteiger partial charge in [0.05, 0.1) is 7.11 Å². The van der Waals surface area contributed by atoms with Crippen molar-refractivity contribution >= 4 is 13.9 Å². The highest BCUT2D eigenvalue weighted by atomic mass is 28.4. The van der Waals surface area contributed by atoms with Gasteiger partial charge in [0.15, 0.2) is 0 Å². The normalized spacial score (nSPS) is 13.6. The second-order valence-corrected chi connectivity index (χ2v) is 6.98. The molecule has 1 aromatic carbocycles. The molecule has 1 rings (SSSR count). The molecule has 0 amide bonds. The molecule has 0 aromatic heterocycles. The minimum Gasteiger partial charge on any atom is -0.497 e. The quantitative estimate of drug-likeness (QED) is 0.582. The van der Waals surface area contributed by atoms with Gasteiger partial charge in [-0.1, -0.05) is 26.3 Å². The van der Waals surface area contributed by atoms with Gasteiger partial charge in [-0.2, -0.15) is 0 Å². The number of rotatable bonds is 4. The largest absolute Gasteiger partial charge is 0.497 e. The summed E-state index contributed by atoms with van der Waals surface area (Å²) in [6, 6.07) is 4.83. The maximum atomic E-state index is 14.1. The molecule has 1 nitrogen and oxygen atoms in total. The summed E-state index contributed by atoms with van der Waals surface area (Å²) in [5.41, 5.74) is 0.295. The van der Waals surface area contributed by atoms with Gasteiger partial charge in [-0.3, -0.25) is 8.22 Å². The highest BCUT2D eigenvalue weighted by Crippen LogP contribution is 2.28. The number of benzene rings is 1. The fourth-order valence-corrected chi connectivity index (χ4v) is 3.44. The molecular weight excluding hydrogens is 226 g/mol. The van der Waals surface area contributed by atoms with E-state index in [9.17, 15) is 8.22 Å². The van der Waals surface area contributed by atoms with Crippen LogP contribution in [0.3, 0.4) is 0 Å². The zero-order chi connectivity index (χ0) is 12.3. The van der Waals surface area contributed by atoms with Gasteiger partial charge >= 0.3 is 8.74 Å². The van der Waals surface area contributed by atoms with E-state index in [1.54, 1.807) is 26.0 Å². The van der Waals surface area contributed by atoms with E-state index in [1.807, 2.05) is 6.92 Å². The molecule has 1 atom stereocenters. The highest BCUT2D eigenvalue weighted by molar-refractivity contribution is 6.81. The zero-order valence-corrected chi connectivity index (χ0v) is 11.2. The van der Waals surface area contributed by atoms with Crippen LogP contribution in [0.25, 0.3) is 0 Å². The number of methoxy groups -OCH3 is 1. The number of hydrogen-bond donors (Lipinski definition) is 0. The van der Waals surface area contributed by atoms with Gasteiger partial charge in [0.25, 0.3) is 0 Å². The Morgan fingerprint density at radius 3 is 2.44 bits per heavy atom. The fraction of sp³-hybridized carbons (Fsp3) is 0.500. The summed E-state index contributed by atoms with van der Waals surface area (Å²) in [6.07, 6.45) is 0.509. The smallest absolute Gasteiger partial charge is 0.458 e. The first-order valence-electron chi connectivity index (χ1n) is 5.45. The Morgan fingerprint density at radius 1 is 1.31 bits per heavy atom. The van der Waals surface area contributed by atoms with E-state index in [1.165, 1.54) is 13.2 Å². The molecule has 0 aliphatic heterocycles. The summed E-state index contributed by atoms with van der Waals surface area (Å²) in [6.45, 7) is 5.24. The molecule has 0 radical (unpaired) electrons. The third-order valence-electron chi connectivity index (χ3n) is 2.90. The standard InChI is InChI=1S/C12H18F2OSi/c1-5-10(3)16(13,14)12-7-9(2)6-11(8-12)15-4/h6-8,10H,5H2,1-4H3. The Labute approximate surface area is 96.8 Å². The lowest BCUT2D eigenvalue weighted by molar-refractivity contribution is 0.414. The minimum absolute atomic E-state index is 0.179. The number of aryl methyl sites for hydroxylation is 1. The zero-order valence-electron chi connectivity index (χ0n) is 10.2. The third kappa shape index (κ3) is 2.61. The minimum atomic E-state index is -4.34. The van der Waals surface area contributed by atoms with Crippen LogP contribution in [0.4, 0.5) is 8.22 Å². The van der Waals surface area contributed by atoms with E-state index >= 15 is 0 Å². The molecule has 0 bridgehead atoms. The van der Waals surface area contributed by atoms with Crippen LogP contribution in [0.1, 0.15) is 25.8 Å². The molecule has 0 saturated carbocycles. The summed E-state index contributed by atoms with van der Waals surface area (Å²) in [7, 11) is -2.84. The van der Waals surface area contributed by atoms with E-state index in [0.29, 0.717) is 12.2 Å². The molecule has 0 N–H and O–H groups in total. The van der Waals surface area contributed by atoms with Crippen LogP contribution >= 0.6 is 0 Å². The predicted octanol–water partition coefficient (Wildman–Crippen LogP) is 3.39. The SMILES string of the molecule is CCC(C)[Si](F)(F)c1cc(C)cc(OC)c1. The van der Waals surface area contributed by atoms with Gasteiger partial charge < -0.3 is 4.74 Å². The van der Waals surface area contributed by atoms with Crippen molar-refractivity contribution in [3.8, 4) is 5.75 Å². The topological polar surface area (TPSA) is 9.23 Å². The molecule has 4 heteroatoms. The molecule has 1 aromatic rings. The fourth-order valence-electron chi connectivity index (χ4n) is 1.60. The lowest BCUT2D eigenvalue weighted by Gasteiger charge is -2.20. The molecule has 0 aliphatic carbocycles. The molecule has 0 fully saturated rings. The van der Waals surface area contributed by atoms with E-state index < -0.39 is 14.3 Å². The van der Waals surface area contributed by atoms with Crippen LogP contribution in [0.5, 0.6) is 5.75 Å². The molecular formula is C12H18F2OSi. The molecule has 0 spiro atoms. The van der Waals surface area contributed by atoms with Crippen molar-refractivity contribution in [2.24, 2.45) is 0 Å². The Bertz CT molecular complexity index is 366. The Morgan fingerprint density at radius 2 is 1.94 bits per heavy atom. The van der Waals surface area contributed by atoms with Crippen molar-refractivity contribution < 1.29 is 13.0 Å². The second-order valence-electron chi connectivity index (χ2n) is 4.17. The maximum absolute atomic E-state index is 14.1. The van der Waals surface area contributed by atoms with Gasteiger partial charge in [0.1, 0.15) is 5.75 Å². The third-order valence-corrected chi connectivity index (χ3v) is 5.61. The molecule has 90 valence electrons. The second kappa shape index (κ2) is 4.95. The first-order valence-corrected chi connectivity index (χ1v) is 7.29. The van der Waals surface area contributed by atoms with Crippen LogP contribution in [-0.2, 0) is 0 Å². The molecule has 0 heterocycles. The molecule has 16 heavy (non-hydrogen) atoms. The van der Waals surface area contributed by atoms with Crippen molar-refractivity contribution in [3.05, 3.63) is 23.8 Å². The average molecular weight is 244 g/mol. The summed E-state index contributed by atoms with van der Waals surface area (Å²) >= 11 is 0.